The summed E-state index contributed by atoms with van der Waals surface area (Å²) in [6, 6.07) is 0.398. The van der Waals surface area contributed by atoms with E-state index in [0.717, 1.165) is 55.0 Å². The maximum atomic E-state index is 5.86. The fraction of sp³-hybridized carbons (Fsp3) is 0.750. The van der Waals surface area contributed by atoms with Gasteiger partial charge in [0.2, 0.25) is 0 Å². The summed E-state index contributed by atoms with van der Waals surface area (Å²) in [5.74, 6) is 0. The van der Waals surface area contributed by atoms with E-state index in [0.29, 0.717) is 12.1 Å². The first-order valence-corrected chi connectivity index (χ1v) is 8.13. The highest BCUT2D eigenvalue weighted by Crippen LogP contribution is 2.20. The molecule has 18 heavy (non-hydrogen) atoms. The van der Waals surface area contributed by atoms with Crippen LogP contribution in [0.2, 0.25) is 0 Å². The number of rotatable bonds is 6. The van der Waals surface area contributed by atoms with Crippen LogP contribution in [0.3, 0.4) is 0 Å². The summed E-state index contributed by atoms with van der Waals surface area (Å²) in [5, 5.41) is 6.23. The van der Waals surface area contributed by atoms with Crippen molar-refractivity contribution in [3.63, 3.8) is 0 Å². The summed E-state index contributed by atoms with van der Waals surface area (Å²) in [6.07, 6.45) is 5.90. The van der Waals surface area contributed by atoms with Gasteiger partial charge in [-0.25, -0.2) is 4.98 Å². The van der Waals surface area contributed by atoms with Crippen molar-refractivity contribution < 1.29 is 4.74 Å². The van der Waals surface area contributed by atoms with E-state index >= 15 is 0 Å². The maximum absolute atomic E-state index is 5.86. The number of hydrogen-bond donors (Lipinski definition) is 2. The molecule has 2 rings (SSSR count). The maximum Gasteiger partial charge on any atom is 0.183 e. The summed E-state index contributed by atoms with van der Waals surface area (Å²) in [7, 11) is 0. The number of ether oxygens (including phenoxy) is 1. The molecule has 102 valence electrons. The van der Waals surface area contributed by atoms with Crippen LogP contribution in [0.4, 0.5) is 5.13 Å². The van der Waals surface area contributed by atoms with E-state index in [4.69, 9.17) is 10.5 Å². The van der Waals surface area contributed by atoms with Crippen LogP contribution in [0.1, 0.15) is 32.1 Å². The first-order valence-electron chi connectivity index (χ1n) is 6.46. The molecule has 6 heteroatoms. The van der Waals surface area contributed by atoms with E-state index in [-0.39, 0.29) is 0 Å². The molecule has 0 saturated heterocycles. The van der Waals surface area contributed by atoms with Gasteiger partial charge in [-0.15, -0.1) is 11.3 Å². The van der Waals surface area contributed by atoms with E-state index in [1.54, 1.807) is 11.3 Å². The van der Waals surface area contributed by atoms with Crippen LogP contribution in [0.15, 0.2) is 9.98 Å². The van der Waals surface area contributed by atoms with Crippen molar-refractivity contribution in [2.45, 2.75) is 44.2 Å². The van der Waals surface area contributed by atoms with Crippen molar-refractivity contribution in [1.82, 2.24) is 4.98 Å². The lowest BCUT2D eigenvalue weighted by Crippen LogP contribution is -2.30. The molecule has 1 aliphatic rings. The van der Waals surface area contributed by atoms with Crippen LogP contribution < -0.4 is 11.1 Å². The summed E-state index contributed by atoms with van der Waals surface area (Å²) in [5.41, 5.74) is 5.86. The van der Waals surface area contributed by atoms with E-state index in [1.165, 1.54) is 0 Å². The zero-order valence-corrected chi connectivity index (χ0v) is 12.8. The van der Waals surface area contributed by atoms with Crippen LogP contribution in [-0.2, 0) is 4.74 Å². The summed E-state index contributed by atoms with van der Waals surface area (Å²) in [6.45, 7) is 1.73. The van der Waals surface area contributed by atoms with Gasteiger partial charge in [-0.3, -0.25) is 0 Å². The lowest BCUT2D eigenvalue weighted by atomic mass is 9.94. The molecule has 1 saturated carbocycles. The average molecular weight is 334 g/mol. The fourth-order valence-electron chi connectivity index (χ4n) is 2.11. The second-order valence-electron chi connectivity index (χ2n) is 4.66. The number of anilines is 1. The summed E-state index contributed by atoms with van der Waals surface area (Å²) >= 11 is 4.95. The highest BCUT2D eigenvalue weighted by molar-refractivity contribution is 9.10. The number of aromatic nitrogens is 1. The molecule has 1 heterocycles. The number of nitrogens with one attached hydrogen (secondary N) is 1. The first kappa shape index (κ1) is 14.2. The van der Waals surface area contributed by atoms with Gasteiger partial charge in [0.25, 0.3) is 0 Å². The Hall–Kier alpha value is -0.170. The first-order chi connectivity index (χ1) is 8.74. The Morgan fingerprint density at radius 1 is 1.44 bits per heavy atom. The minimum Gasteiger partial charge on any atom is -0.378 e. The second kappa shape index (κ2) is 7.43. The monoisotopic (exact) mass is 333 g/mol. The van der Waals surface area contributed by atoms with Crippen molar-refractivity contribution in [1.29, 1.82) is 0 Å². The van der Waals surface area contributed by atoms with Gasteiger partial charge < -0.3 is 15.8 Å². The van der Waals surface area contributed by atoms with Gasteiger partial charge in [0.1, 0.15) is 4.60 Å². The molecule has 0 bridgehead atoms. The van der Waals surface area contributed by atoms with Gasteiger partial charge in [-0.2, -0.15) is 0 Å². The Bertz CT molecular complexity index is 353. The molecule has 0 spiro atoms. The largest absolute Gasteiger partial charge is 0.378 e. The molecule has 0 unspecified atom stereocenters. The number of halogens is 1. The van der Waals surface area contributed by atoms with Gasteiger partial charge in [0.05, 0.1) is 6.10 Å². The van der Waals surface area contributed by atoms with Crippen molar-refractivity contribution in [2.75, 3.05) is 18.5 Å². The number of nitrogens with two attached hydrogens (primary N) is 1. The molecule has 0 radical (unpaired) electrons. The molecule has 1 aromatic heterocycles. The minimum absolute atomic E-state index is 0.398. The van der Waals surface area contributed by atoms with E-state index in [2.05, 4.69) is 26.2 Å². The Labute approximate surface area is 120 Å². The topological polar surface area (TPSA) is 60.2 Å². The van der Waals surface area contributed by atoms with Crippen LogP contribution in [0, 0.1) is 0 Å². The average Bonchev–Trinajstić information content (AvgIpc) is 2.77. The van der Waals surface area contributed by atoms with Crippen molar-refractivity contribution in [2.24, 2.45) is 5.73 Å². The van der Waals surface area contributed by atoms with Gasteiger partial charge in [-0.1, -0.05) is 0 Å². The van der Waals surface area contributed by atoms with E-state index in [9.17, 15) is 0 Å². The molecule has 0 amide bonds. The molecule has 0 atom stereocenters. The van der Waals surface area contributed by atoms with Crippen LogP contribution in [0.5, 0.6) is 0 Å². The summed E-state index contributed by atoms with van der Waals surface area (Å²) in [4.78, 5) is 4.28. The molecule has 0 aromatic carbocycles. The predicted molar refractivity (Wildman–Crippen MR) is 79.1 cm³/mol. The second-order valence-corrected chi connectivity index (χ2v) is 6.33. The van der Waals surface area contributed by atoms with Crippen LogP contribution in [0.25, 0.3) is 0 Å². The SMILES string of the molecule is NC1CCC(OCCCNc2nc(Br)cs2)CC1. The quantitative estimate of drug-likeness (QED) is 0.785. The lowest BCUT2D eigenvalue weighted by molar-refractivity contribution is 0.0251. The third kappa shape index (κ3) is 4.84. The van der Waals surface area contributed by atoms with Crippen LogP contribution in [-0.4, -0.2) is 30.3 Å². The molecular formula is C12H20BrN3OS. The third-order valence-electron chi connectivity index (χ3n) is 3.15. The van der Waals surface area contributed by atoms with E-state index < -0.39 is 0 Å². The third-order valence-corrected chi connectivity index (χ3v) is 4.66. The fourth-order valence-corrected chi connectivity index (χ4v) is 3.28. The smallest absolute Gasteiger partial charge is 0.183 e. The molecule has 0 aliphatic heterocycles. The van der Waals surface area contributed by atoms with Crippen molar-refractivity contribution in [3.05, 3.63) is 9.98 Å². The standard InChI is InChI=1S/C12H20BrN3OS/c13-11-8-18-12(16-11)15-6-1-7-17-10-4-2-9(14)3-5-10/h8-10H,1-7,14H2,(H,15,16). The highest BCUT2D eigenvalue weighted by Gasteiger charge is 2.18. The Morgan fingerprint density at radius 3 is 2.89 bits per heavy atom. The zero-order chi connectivity index (χ0) is 12.8. The molecule has 4 nitrogen and oxygen atoms in total. The van der Waals surface area contributed by atoms with Crippen molar-refractivity contribution in [3.8, 4) is 0 Å². The predicted octanol–water partition coefficient (Wildman–Crippen LogP) is 2.99. The van der Waals surface area contributed by atoms with Crippen LogP contribution >= 0.6 is 27.3 Å². The number of hydrogen-bond acceptors (Lipinski definition) is 5. The number of thiazole rings is 1. The van der Waals surface area contributed by atoms with Gasteiger partial charge in [-0.05, 0) is 48.0 Å². The molecule has 1 aromatic rings. The Morgan fingerprint density at radius 2 is 2.22 bits per heavy atom. The highest BCUT2D eigenvalue weighted by atomic mass is 79.9. The van der Waals surface area contributed by atoms with Crippen molar-refractivity contribution >= 4 is 32.4 Å². The molecule has 1 aliphatic carbocycles. The zero-order valence-electron chi connectivity index (χ0n) is 10.4. The molecular weight excluding hydrogens is 314 g/mol. The minimum atomic E-state index is 0.398. The van der Waals surface area contributed by atoms with Gasteiger partial charge in [0, 0.05) is 24.6 Å². The Balaban J connectivity index is 1.51. The molecule has 3 N–H and O–H groups in total. The summed E-state index contributed by atoms with van der Waals surface area (Å²) < 4.78 is 6.75. The van der Waals surface area contributed by atoms with Gasteiger partial charge in [0.15, 0.2) is 5.13 Å². The number of nitrogens with zero attached hydrogens (tertiary/aromatic N) is 1. The normalized spacial score (nSPS) is 24.1. The molecule has 1 fully saturated rings. The van der Waals surface area contributed by atoms with Gasteiger partial charge >= 0.3 is 0 Å². The lowest BCUT2D eigenvalue weighted by Gasteiger charge is -2.26. The Kier molecular flexibility index (Phi) is 5.88. The van der Waals surface area contributed by atoms with E-state index in [1.807, 2.05) is 5.38 Å².